The molecule has 0 radical (unpaired) electrons. The van der Waals surface area contributed by atoms with E-state index in [2.05, 4.69) is 45.6 Å². The predicted octanol–water partition coefficient (Wildman–Crippen LogP) is 4.74. The molecule has 1 aliphatic heterocycles. The number of nitriles is 1. The van der Waals surface area contributed by atoms with Crippen molar-refractivity contribution in [1.82, 2.24) is 39.1 Å². The molecule has 4 aromatic heterocycles. The van der Waals surface area contributed by atoms with Crippen molar-refractivity contribution in [3.63, 3.8) is 0 Å². The summed E-state index contributed by atoms with van der Waals surface area (Å²) in [6.07, 6.45) is 4.12. The first kappa shape index (κ1) is 34.7. The van der Waals surface area contributed by atoms with Gasteiger partial charge in [0.1, 0.15) is 30.1 Å². The Kier molecular flexibility index (Phi) is 9.64. The van der Waals surface area contributed by atoms with Crippen LogP contribution in [0.25, 0.3) is 22.3 Å². The molecular weight excluding hydrogens is 656 g/mol. The van der Waals surface area contributed by atoms with E-state index in [0.717, 1.165) is 34.4 Å². The number of aromatic nitrogens is 6. The topological polar surface area (TPSA) is 138 Å². The summed E-state index contributed by atoms with van der Waals surface area (Å²) in [4.78, 5) is 29.5. The van der Waals surface area contributed by atoms with Crippen molar-refractivity contribution in [1.29, 1.82) is 5.26 Å². The zero-order chi connectivity index (χ0) is 35.0. The van der Waals surface area contributed by atoms with Crippen LogP contribution in [0.2, 0.25) is 25.7 Å². The Labute approximate surface area is 283 Å². The van der Waals surface area contributed by atoms with Crippen LogP contribution in [-0.2, 0) is 29.8 Å². The van der Waals surface area contributed by atoms with Gasteiger partial charge in [-0.2, -0.15) is 23.5 Å². The number of carbonyl (C=O) groups excluding carboxylic acids is 1. The van der Waals surface area contributed by atoms with Crippen molar-refractivity contribution in [3.8, 4) is 17.3 Å². The van der Waals surface area contributed by atoms with Crippen molar-refractivity contribution in [3.05, 3.63) is 60.1 Å². The number of aliphatic hydroxyl groups excluding tert-OH is 1. The van der Waals surface area contributed by atoms with Crippen molar-refractivity contribution >= 4 is 25.0 Å². The molecule has 1 aliphatic carbocycles. The number of fused-ring (bicyclic) bond motifs is 1. The Balaban J connectivity index is 1.09. The lowest BCUT2D eigenvalue weighted by Gasteiger charge is -2.52. The fourth-order valence-corrected chi connectivity index (χ4v) is 7.36. The van der Waals surface area contributed by atoms with E-state index in [-0.39, 0.29) is 23.7 Å². The fourth-order valence-electron chi connectivity index (χ4n) is 6.60. The van der Waals surface area contributed by atoms with Crippen LogP contribution in [0.5, 0.6) is 0 Å². The molecule has 0 spiro atoms. The van der Waals surface area contributed by atoms with Gasteiger partial charge in [0.05, 0.1) is 36.5 Å². The van der Waals surface area contributed by atoms with Gasteiger partial charge in [-0.25, -0.2) is 15.0 Å². The highest BCUT2D eigenvalue weighted by molar-refractivity contribution is 6.76. The number of amides is 1. The molecule has 0 bridgehead atoms. The van der Waals surface area contributed by atoms with E-state index in [9.17, 15) is 28.3 Å². The van der Waals surface area contributed by atoms with Gasteiger partial charge in [-0.1, -0.05) is 19.6 Å². The molecule has 1 saturated heterocycles. The number of aliphatic hydroxyl groups is 1. The van der Waals surface area contributed by atoms with Crippen LogP contribution in [0.1, 0.15) is 41.0 Å². The van der Waals surface area contributed by atoms with E-state index in [0.29, 0.717) is 52.4 Å². The average Bonchev–Trinajstić information content (AvgIpc) is 3.71. The van der Waals surface area contributed by atoms with E-state index < -0.39 is 38.0 Å². The maximum atomic E-state index is 13.3. The van der Waals surface area contributed by atoms with Crippen LogP contribution in [0.3, 0.4) is 0 Å². The minimum atomic E-state index is -4.73. The number of hydrogen-bond donors (Lipinski definition) is 1. The Morgan fingerprint density at radius 2 is 1.92 bits per heavy atom. The fraction of sp³-hybridized carbons (Fsp3) is 0.515. The van der Waals surface area contributed by atoms with Crippen LogP contribution < -0.4 is 0 Å². The maximum Gasteiger partial charge on any atom is 0.433 e. The molecule has 6 rings (SSSR count). The molecular formula is C33H40F3N9O3Si. The number of ether oxygens (including phenoxy) is 1. The summed E-state index contributed by atoms with van der Waals surface area (Å²) in [7, 11) is -1.19. The van der Waals surface area contributed by atoms with Crippen molar-refractivity contribution in [2.75, 3.05) is 32.8 Å². The van der Waals surface area contributed by atoms with Crippen molar-refractivity contribution < 1.29 is 27.8 Å². The summed E-state index contributed by atoms with van der Waals surface area (Å²) >= 11 is 0. The molecule has 1 amide bonds. The van der Waals surface area contributed by atoms with E-state index in [4.69, 9.17) is 9.84 Å². The van der Waals surface area contributed by atoms with Gasteiger partial charge in [0.25, 0.3) is 5.91 Å². The molecule has 16 heteroatoms. The van der Waals surface area contributed by atoms with Gasteiger partial charge in [0, 0.05) is 70.2 Å². The Morgan fingerprint density at radius 3 is 2.59 bits per heavy atom. The Morgan fingerprint density at radius 1 is 1.16 bits per heavy atom. The van der Waals surface area contributed by atoms with Crippen LogP contribution in [0, 0.1) is 11.3 Å². The summed E-state index contributed by atoms with van der Waals surface area (Å²) in [5, 5.41) is 24.8. The first-order valence-electron chi connectivity index (χ1n) is 16.3. The highest BCUT2D eigenvalue weighted by atomic mass is 28.3. The van der Waals surface area contributed by atoms with Gasteiger partial charge in [0.2, 0.25) is 0 Å². The summed E-state index contributed by atoms with van der Waals surface area (Å²) < 4.78 is 49.8. The molecule has 2 fully saturated rings. The number of halogens is 3. The number of nitrogens with zero attached hydrogens (tertiary/aromatic N) is 9. The normalized spacial score (nSPS) is 20.4. The lowest BCUT2D eigenvalue weighted by Crippen LogP contribution is -2.60. The zero-order valence-corrected chi connectivity index (χ0v) is 28.8. The molecule has 260 valence electrons. The standard InChI is InChI=1S/C33H40F3N9O3Si/c1-49(2,3)13-12-48-22-44-7-4-26-29(38-21-39-30(26)44)24-18-40-45(19-24)32(5-6-37)16-25(17-32)42-8-10-43(11-9-42)31(47)27-14-23(20-46)15-28(41-27)33(34,35)36/h4,7,14-15,18-19,21,25,46H,5,8-13,16-17,20,22H2,1-3H3. The number of piperazine rings is 1. The van der Waals surface area contributed by atoms with Gasteiger partial charge >= 0.3 is 6.18 Å². The highest BCUT2D eigenvalue weighted by Gasteiger charge is 2.49. The largest absolute Gasteiger partial charge is 0.433 e. The van der Waals surface area contributed by atoms with E-state index >= 15 is 0 Å². The summed E-state index contributed by atoms with van der Waals surface area (Å²) in [5.41, 5.74) is 0.308. The average molecular weight is 696 g/mol. The summed E-state index contributed by atoms with van der Waals surface area (Å²) in [6.45, 7) is 9.16. The Bertz CT molecular complexity index is 1850. The maximum absolute atomic E-state index is 13.3. The predicted molar refractivity (Wildman–Crippen MR) is 177 cm³/mol. The molecule has 1 saturated carbocycles. The highest BCUT2D eigenvalue weighted by Crippen LogP contribution is 2.45. The van der Waals surface area contributed by atoms with Gasteiger partial charge in [-0.3, -0.25) is 14.4 Å². The van der Waals surface area contributed by atoms with Crippen LogP contribution in [0.15, 0.2) is 43.1 Å². The van der Waals surface area contributed by atoms with E-state index in [1.165, 1.54) is 17.3 Å². The number of pyridine rings is 1. The molecule has 1 N–H and O–H groups in total. The third-order valence-electron chi connectivity index (χ3n) is 9.46. The number of hydrogen-bond acceptors (Lipinski definition) is 9. The number of carbonyl (C=O) groups is 1. The van der Waals surface area contributed by atoms with Crippen LogP contribution in [0.4, 0.5) is 13.2 Å². The number of alkyl halides is 3. The molecule has 0 atom stereocenters. The van der Waals surface area contributed by atoms with E-state index in [1.807, 2.05) is 27.7 Å². The zero-order valence-electron chi connectivity index (χ0n) is 27.8. The second-order valence-corrected chi connectivity index (χ2v) is 19.7. The molecule has 2 aliphatic rings. The minimum Gasteiger partial charge on any atom is -0.392 e. The van der Waals surface area contributed by atoms with Gasteiger partial charge < -0.3 is 19.3 Å². The SMILES string of the molecule is C[Si](C)(C)CCOCn1ccc2c(-c3cnn(C4(CC#N)CC(N5CCN(C(=O)c6cc(CO)cc(C(F)(F)F)n6)CC5)C4)c3)ncnc21. The van der Waals surface area contributed by atoms with E-state index in [1.54, 1.807) is 6.20 Å². The van der Waals surface area contributed by atoms with Crippen LogP contribution in [-0.4, -0.2) is 97.0 Å². The van der Waals surface area contributed by atoms with Crippen molar-refractivity contribution in [2.24, 2.45) is 0 Å². The Hall–Kier alpha value is -4.17. The quantitative estimate of drug-likeness (QED) is 0.174. The second-order valence-electron chi connectivity index (χ2n) is 14.1. The smallest absolute Gasteiger partial charge is 0.392 e. The molecule has 5 heterocycles. The summed E-state index contributed by atoms with van der Waals surface area (Å²) in [6, 6.07) is 7.51. The lowest BCUT2D eigenvalue weighted by molar-refractivity contribution is -0.141. The molecule has 0 aromatic carbocycles. The molecule has 12 nitrogen and oxygen atoms in total. The first-order valence-corrected chi connectivity index (χ1v) is 20.0. The van der Waals surface area contributed by atoms with Gasteiger partial charge in [-0.15, -0.1) is 0 Å². The van der Waals surface area contributed by atoms with Crippen LogP contribution >= 0.6 is 0 Å². The second kappa shape index (κ2) is 13.6. The third-order valence-corrected chi connectivity index (χ3v) is 11.2. The first-order chi connectivity index (χ1) is 23.3. The lowest BCUT2D eigenvalue weighted by atomic mass is 9.70. The minimum absolute atomic E-state index is 0.0188. The molecule has 49 heavy (non-hydrogen) atoms. The van der Waals surface area contributed by atoms with Crippen molar-refractivity contribution in [2.45, 2.75) is 76.0 Å². The third kappa shape index (κ3) is 7.39. The van der Waals surface area contributed by atoms with Gasteiger partial charge in [0.15, 0.2) is 0 Å². The molecule has 0 unspecified atom stereocenters. The monoisotopic (exact) mass is 695 g/mol. The molecule has 4 aromatic rings. The van der Waals surface area contributed by atoms with Gasteiger partial charge in [-0.05, 0) is 42.6 Å². The summed E-state index contributed by atoms with van der Waals surface area (Å²) in [5.74, 6) is -0.597. The number of rotatable bonds is 11.